The van der Waals surface area contributed by atoms with Gasteiger partial charge in [0.2, 0.25) is 5.91 Å². The Hall–Kier alpha value is -1.72. The molecule has 0 aliphatic heterocycles. The highest BCUT2D eigenvalue weighted by Crippen LogP contribution is 2.19. The summed E-state index contributed by atoms with van der Waals surface area (Å²) in [5.74, 6) is 0.408. The number of anilines is 2. The van der Waals surface area contributed by atoms with Gasteiger partial charge >= 0.3 is 0 Å². The van der Waals surface area contributed by atoms with E-state index in [0.29, 0.717) is 11.5 Å². The molecule has 1 aromatic rings. The zero-order valence-electron chi connectivity index (χ0n) is 7.88. The molecule has 0 unspecified atom stereocenters. The van der Waals surface area contributed by atoms with Gasteiger partial charge in [-0.2, -0.15) is 5.10 Å². The molecule has 1 aromatic heterocycles. The molecule has 0 aliphatic rings. The first-order valence-corrected chi connectivity index (χ1v) is 3.84. The summed E-state index contributed by atoms with van der Waals surface area (Å²) < 4.78 is 1.57. The molecule has 1 heterocycles. The first-order valence-electron chi connectivity index (χ1n) is 3.84. The van der Waals surface area contributed by atoms with Crippen LogP contribution in [0, 0.1) is 6.92 Å². The van der Waals surface area contributed by atoms with Crippen molar-refractivity contribution in [3.8, 4) is 0 Å². The Morgan fingerprint density at radius 1 is 1.62 bits per heavy atom. The molecule has 0 radical (unpaired) electrons. The van der Waals surface area contributed by atoms with Crippen molar-refractivity contribution in [2.75, 3.05) is 11.2 Å². The molecule has 0 aliphatic carbocycles. The summed E-state index contributed by atoms with van der Waals surface area (Å²) in [5, 5.41) is 4.07. The second-order valence-electron chi connectivity index (χ2n) is 2.78. The van der Waals surface area contributed by atoms with E-state index < -0.39 is 0 Å². The van der Waals surface area contributed by atoms with E-state index in [9.17, 15) is 4.79 Å². The van der Waals surface area contributed by atoms with E-state index >= 15 is 0 Å². The van der Waals surface area contributed by atoms with Crippen molar-refractivity contribution >= 4 is 17.4 Å². The number of carbonyl (C=O) groups excluding carboxylic acids is 1. The van der Waals surface area contributed by atoms with Gasteiger partial charge in [-0.3, -0.25) is 15.6 Å². The predicted molar refractivity (Wildman–Crippen MR) is 49.8 cm³/mol. The Balaban J connectivity index is 2.81. The highest BCUT2D eigenvalue weighted by molar-refractivity contribution is 5.76. The van der Waals surface area contributed by atoms with Gasteiger partial charge in [0.25, 0.3) is 0 Å². The van der Waals surface area contributed by atoms with E-state index in [-0.39, 0.29) is 5.91 Å². The fraction of sp³-hybridized carbons (Fsp3) is 0.429. The minimum atomic E-state index is -0.182. The van der Waals surface area contributed by atoms with Crippen LogP contribution in [0.25, 0.3) is 0 Å². The fourth-order valence-electron chi connectivity index (χ4n) is 0.970. The van der Waals surface area contributed by atoms with Gasteiger partial charge in [-0.05, 0) is 6.92 Å². The highest BCUT2D eigenvalue weighted by atomic mass is 16.2. The van der Waals surface area contributed by atoms with Crippen LogP contribution in [-0.2, 0) is 11.8 Å². The van der Waals surface area contributed by atoms with Gasteiger partial charge in [0.05, 0.1) is 11.4 Å². The summed E-state index contributed by atoms with van der Waals surface area (Å²) in [6.07, 6.45) is 0. The van der Waals surface area contributed by atoms with E-state index in [0.717, 1.165) is 5.69 Å². The van der Waals surface area contributed by atoms with Gasteiger partial charge in [0.1, 0.15) is 0 Å². The van der Waals surface area contributed by atoms with Crippen LogP contribution < -0.4 is 16.6 Å². The molecular weight excluding hydrogens is 170 g/mol. The van der Waals surface area contributed by atoms with Gasteiger partial charge in [0, 0.05) is 14.0 Å². The average Bonchev–Trinajstić information content (AvgIpc) is 2.24. The van der Waals surface area contributed by atoms with Crippen molar-refractivity contribution in [3.05, 3.63) is 5.69 Å². The number of hydrazine groups is 1. The second-order valence-corrected chi connectivity index (χ2v) is 2.78. The third kappa shape index (κ3) is 1.90. The maximum atomic E-state index is 10.6. The quantitative estimate of drug-likeness (QED) is 0.553. The van der Waals surface area contributed by atoms with E-state index in [1.54, 1.807) is 18.7 Å². The summed E-state index contributed by atoms with van der Waals surface area (Å²) in [7, 11) is 1.74. The minimum absolute atomic E-state index is 0.182. The Morgan fingerprint density at radius 3 is 2.62 bits per heavy atom. The number of nitrogens with two attached hydrogens (primary N) is 1. The first kappa shape index (κ1) is 9.37. The molecular formula is C7H13N5O. The van der Waals surface area contributed by atoms with Crippen LogP contribution in [0.15, 0.2) is 0 Å². The summed E-state index contributed by atoms with van der Waals surface area (Å²) in [6, 6.07) is 0. The van der Waals surface area contributed by atoms with Gasteiger partial charge in [-0.25, -0.2) is 4.68 Å². The molecule has 6 heteroatoms. The Morgan fingerprint density at radius 2 is 2.23 bits per heavy atom. The molecule has 72 valence electrons. The van der Waals surface area contributed by atoms with Crippen LogP contribution in [-0.4, -0.2) is 15.7 Å². The number of nitrogens with one attached hydrogen (secondary N) is 2. The molecule has 0 spiro atoms. The van der Waals surface area contributed by atoms with E-state index in [4.69, 9.17) is 5.73 Å². The molecule has 1 amide bonds. The predicted octanol–water partition coefficient (Wildman–Crippen LogP) is -0.226. The number of aromatic nitrogens is 2. The molecule has 1 rings (SSSR count). The standard InChI is InChI=1S/C7H13N5O/c1-4-6(8)7(12(3)11-4)10-9-5(2)13/h10H,8H2,1-3H3,(H,9,13). The second kappa shape index (κ2) is 3.34. The summed E-state index contributed by atoms with van der Waals surface area (Å²) >= 11 is 0. The lowest BCUT2D eigenvalue weighted by molar-refractivity contribution is -0.118. The maximum absolute atomic E-state index is 10.6. The highest BCUT2D eigenvalue weighted by Gasteiger charge is 2.08. The molecule has 13 heavy (non-hydrogen) atoms. The number of amides is 1. The summed E-state index contributed by atoms with van der Waals surface area (Å²) in [4.78, 5) is 10.6. The lowest BCUT2D eigenvalue weighted by atomic mass is 10.4. The van der Waals surface area contributed by atoms with Crippen LogP contribution in [0.3, 0.4) is 0 Å². The van der Waals surface area contributed by atoms with Crippen molar-refractivity contribution in [1.29, 1.82) is 0 Å². The van der Waals surface area contributed by atoms with Crippen molar-refractivity contribution in [2.45, 2.75) is 13.8 Å². The summed E-state index contributed by atoms with van der Waals surface area (Å²) in [6.45, 7) is 3.21. The molecule has 0 atom stereocenters. The Bertz CT molecular complexity index is 330. The zero-order valence-corrected chi connectivity index (χ0v) is 7.88. The van der Waals surface area contributed by atoms with Crippen LogP contribution >= 0.6 is 0 Å². The topological polar surface area (TPSA) is 85.0 Å². The largest absolute Gasteiger partial charge is 0.394 e. The molecule has 6 nitrogen and oxygen atoms in total. The number of carbonyl (C=O) groups is 1. The van der Waals surface area contributed by atoms with Gasteiger partial charge in [0.15, 0.2) is 5.82 Å². The smallest absolute Gasteiger partial charge is 0.235 e. The average molecular weight is 183 g/mol. The van der Waals surface area contributed by atoms with Crippen molar-refractivity contribution in [2.24, 2.45) is 7.05 Å². The Kier molecular flexibility index (Phi) is 2.41. The number of hydrogen-bond donors (Lipinski definition) is 3. The number of aryl methyl sites for hydroxylation is 2. The van der Waals surface area contributed by atoms with Crippen molar-refractivity contribution < 1.29 is 4.79 Å². The van der Waals surface area contributed by atoms with Crippen LogP contribution in [0.1, 0.15) is 12.6 Å². The SMILES string of the molecule is CC(=O)NNc1c(N)c(C)nn1C. The normalized spacial score (nSPS) is 9.77. The molecule has 0 fully saturated rings. The molecule has 4 N–H and O–H groups in total. The van der Waals surface area contributed by atoms with Crippen LogP contribution in [0.2, 0.25) is 0 Å². The number of nitrogen functional groups attached to an aromatic ring is 1. The van der Waals surface area contributed by atoms with Crippen LogP contribution in [0.4, 0.5) is 11.5 Å². The van der Waals surface area contributed by atoms with Gasteiger partial charge in [-0.15, -0.1) is 0 Å². The molecule has 0 aromatic carbocycles. The van der Waals surface area contributed by atoms with Gasteiger partial charge < -0.3 is 5.73 Å². The minimum Gasteiger partial charge on any atom is -0.394 e. The number of hydrogen-bond acceptors (Lipinski definition) is 4. The lowest BCUT2D eigenvalue weighted by Crippen LogP contribution is -2.28. The molecule has 0 bridgehead atoms. The van der Waals surface area contributed by atoms with Crippen LogP contribution in [0.5, 0.6) is 0 Å². The first-order chi connectivity index (χ1) is 6.02. The maximum Gasteiger partial charge on any atom is 0.235 e. The van der Waals surface area contributed by atoms with Crippen molar-refractivity contribution in [3.63, 3.8) is 0 Å². The lowest BCUT2D eigenvalue weighted by Gasteiger charge is -2.06. The molecule has 0 saturated heterocycles. The Labute approximate surface area is 76.1 Å². The third-order valence-corrected chi connectivity index (χ3v) is 1.63. The van der Waals surface area contributed by atoms with E-state index in [1.165, 1.54) is 6.92 Å². The number of rotatable bonds is 2. The number of nitrogens with zero attached hydrogens (tertiary/aromatic N) is 2. The van der Waals surface area contributed by atoms with E-state index in [1.807, 2.05) is 0 Å². The zero-order chi connectivity index (χ0) is 10.0. The van der Waals surface area contributed by atoms with E-state index in [2.05, 4.69) is 16.0 Å². The monoisotopic (exact) mass is 183 g/mol. The third-order valence-electron chi connectivity index (χ3n) is 1.63. The molecule has 0 saturated carbocycles. The summed E-state index contributed by atoms with van der Waals surface area (Å²) in [5.41, 5.74) is 12.1. The van der Waals surface area contributed by atoms with Gasteiger partial charge in [-0.1, -0.05) is 0 Å². The fourth-order valence-corrected chi connectivity index (χ4v) is 0.970. The van der Waals surface area contributed by atoms with Crippen molar-refractivity contribution in [1.82, 2.24) is 15.2 Å².